The number of rotatable bonds is 18. The van der Waals surface area contributed by atoms with Gasteiger partial charge in [0.2, 0.25) is 0 Å². The molecule has 2 fully saturated rings. The predicted octanol–water partition coefficient (Wildman–Crippen LogP) is -1.45. The summed E-state index contributed by atoms with van der Waals surface area (Å²) >= 11 is 0. The molecule has 0 saturated carbocycles. The molecule has 320 valence electrons. The van der Waals surface area contributed by atoms with Crippen LogP contribution in [0.4, 0.5) is 0 Å². The molecular formula is C40H52N4O14Si. The summed E-state index contributed by atoms with van der Waals surface area (Å²) in [7, 11) is -3.51. The number of aryl methyl sites for hydroxylation is 2. The Morgan fingerprint density at radius 2 is 1.12 bits per heavy atom. The highest BCUT2D eigenvalue weighted by atomic mass is 28.4. The Kier molecular flexibility index (Phi) is 14.2. The van der Waals surface area contributed by atoms with E-state index in [9.17, 15) is 39.6 Å². The number of aromatic nitrogens is 4. The predicted molar refractivity (Wildman–Crippen MR) is 214 cm³/mol. The van der Waals surface area contributed by atoms with Crippen LogP contribution in [0.2, 0.25) is 5.04 Å². The zero-order valence-corrected chi connectivity index (χ0v) is 34.3. The van der Waals surface area contributed by atoms with E-state index in [1.54, 1.807) is 0 Å². The molecule has 0 unspecified atom stereocenters. The van der Waals surface area contributed by atoms with Crippen molar-refractivity contribution in [1.29, 1.82) is 0 Å². The summed E-state index contributed by atoms with van der Waals surface area (Å²) in [4.78, 5) is 54.6. The molecule has 2 aromatic heterocycles. The van der Waals surface area contributed by atoms with Crippen molar-refractivity contribution in [2.45, 2.75) is 81.8 Å². The normalized spacial score (nSPS) is 24.8. The molecule has 19 heteroatoms. The molecule has 4 aromatic rings. The Bertz CT molecular complexity index is 2210. The molecule has 2 saturated heterocycles. The molecule has 18 nitrogen and oxygen atoms in total. The lowest BCUT2D eigenvalue weighted by atomic mass is 10.1. The monoisotopic (exact) mass is 840 g/mol. The number of aromatic amines is 2. The Hall–Kier alpha value is -4.38. The molecule has 0 spiro atoms. The second-order valence-corrected chi connectivity index (χ2v) is 19.5. The van der Waals surface area contributed by atoms with Crippen LogP contribution in [-0.4, -0.2) is 131 Å². The van der Waals surface area contributed by atoms with Crippen LogP contribution in [-0.2, 0) is 28.1 Å². The minimum atomic E-state index is -3.51. The third kappa shape index (κ3) is 9.05. The van der Waals surface area contributed by atoms with E-state index in [0.717, 1.165) is 19.5 Å². The number of nitrogens with zero attached hydrogens (tertiary/aromatic N) is 2. The SMILES string of the molecule is Cc1cn([C@@H]2O[C@H](COCC(C)(C)[Si](OC[C@H]3O[C@@H](n4cc(C)c(=O)[nH]c4=O)[C@H](OCCO)[C@@H]3O)(c3ccccc3)c3ccccc3)[C@@H](O)[C@H]2OCCO)c(=O)[nH]c1=O. The van der Waals surface area contributed by atoms with Crippen molar-refractivity contribution < 1.29 is 48.5 Å². The van der Waals surface area contributed by atoms with Crippen molar-refractivity contribution >= 4 is 18.7 Å². The first kappa shape index (κ1) is 44.2. The summed E-state index contributed by atoms with van der Waals surface area (Å²) < 4.78 is 39.9. The van der Waals surface area contributed by atoms with Crippen molar-refractivity contribution in [3.8, 4) is 0 Å². The van der Waals surface area contributed by atoms with Gasteiger partial charge in [0.05, 0.1) is 46.2 Å². The van der Waals surface area contributed by atoms with Gasteiger partial charge in [0.1, 0.15) is 36.6 Å². The highest BCUT2D eigenvalue weighted by molar-refractivity contribution is 6.99. The topological polar surface area (TPSA) is 246 Å². The Morgan fingerprint density at radius 3 is 1.54 bits per heavy atom. The number of hydrogen-bond donors (Lipinski definition) is 6. The molecule has 0 amide bonds. The maximum Gasteiger partial charge on any atom is 0.330 e. The fourth-order valence-electron chi connectivity index (χ4n) is 7.84. The lowest BCUT2D eigenvalue weighted by Crippen LogP contribution is -2.69. The Morgan fingerprint density at radius 1 is 0.695 bits per heavy atom. The Balaban J connectivity index is 1.30. The van der Waals surface area contributed by atoms with Crippen LogP contribution in [0.3, 0.4) is 0 Å². The fourth-order valence-corrected chi connectivity index (χ4v) is 12.5. The van der Waals surface area contributed by atoms with Gasteiger partial charge in [-0.15, -0.1) is 0 Å². The summed E-state index contributed by atoms with van der Waals surface area (Å²) in [5, 5.41) is 43.0. The average Bonchev–Trinajstić information content (AvgIpc) is 3.70. The molecule has 2 aromatic carbocycles. The van der Waals surface area contributed by atoms with E-state index >= 15 is 0 Å². The molecule has 8 atom stereocenters. The van der Waals surface area contributed by atoms with Gasteiger partial charge >= 0.3 is 11.4 Å². The fraction of sp³-hybridized carbons (Fsp3) is 0.500. The van der Waals surface area contributed by atoms with Crippen LogP contribution in [0.5, 0.6) is 0 Å². The van der Waals surface area contributed by atoms with Gasteiger partial charge in [-0.3, -0.25) is 28.7 Å². The number of hydrogen-bond acceptors (Lipinski definition) is 14. The van der Waals surface area contributed by atoms with E-state index in [0.29, 0.717) is 0 Å². The smallest absolute Gasteiger partial charge is 0.330 e. The molecule has 0 radical (unpaired) electrons. The van der Waals surface area contributed by atoms with E-state index in [2.05, 4.69) is 9.97 Å². The minimum absolute atomic E-state index is 0.0606. The third-order valence-electron chi connectivity index (χ3n) is 10.8. The van der Waals surface area contributed by atoms with Gasteiger partial charge in [-0.25, -0.2) is 9.59 Å². The third-order valence-corrected chi connectivity index (χ3v) is 15.7. The molecule has 2 aliphatic rings. The standard InChI is InChI=1S/C40H52N4O14Si/c1-24-19-43(38(51)41-34(24)49)36-32(54-17-15-45)30(47)28(57-36)21-53-23-40(3,4)59(26-11-7-5-8-12-26,27-13-9-6-10-14-27)56-22-29-31(48)33(55-18-16-46)37(58-29)44-20-25(2)35(50)42-39(44)52/h5-14,19-20,28-33,36-37,45-48H,15-18,21-23H2,1-4H3,(H,41,49,51)(H,42,50,52)/t28-,29-,30-,31-,32-,33-,36-,37-/m1/s1. The molecule has 6 N–H and O–H groups in total. The molecular weight excluding hydrogens is 789 g/mol. The Labute approximate surface area is 339 Å². The zero-order valence-electron chi connectivity index (χ0n) is 33.3. The van der Waals surface area contributed by atoms with Crippen molar-refractivity contribution in [2.24, 2.45) is 0 Å². The van der Waals surface area contributed by atoms with E-state index in [-0.39, 0.29) is 57.4 Å². The van der Waals surface area contributed by atoms with E-state index < -0.39 is 84.9 Å². The van der Waals surface area contributed by atoms with Gasteiger partial charge in [-0.1, -0.05) is 74.5 Å². The van der Waals surface area contributed by atoms with Crippen molar-refractivity contribution in [1.82, 2.24) is 19.1 Å². The number of nitrogens with one attached hydrogen (secondary N) is 2. The molecule has 59 heavy (non-hydrogen) atoms. The molecule has 4 heterocycles. The van der Waals surface area contributed by atoms with Gasteiger partial charge < -0.3 is 48.5 Å². The largest absolute Gasteiger partial charge is 0.405 e. The van der Waals surface area contributed by atoms with Gasteiger partial charge in [0.25, 0.3) is 19.4 Å². The molecule has 2 aliphatic heterocycles. The van der Waals surface area contributed by atoms with Gasteiger partial charge in [-0.05, 0) is 24.2 Å². The maximum atomic E-state index is 13.0. The van der Waals surface area contributed by atoms with Crippen molar-refractivity contribution in [2.75, 3.05) is 46.2 Å². The number of benzene rings is 2. The lowest BCUT2D eigenvalue weighted by Gasteiger charge is -2.45. The second-order valence-electron chi connectivity index (χ2n) is 15.3. The van der Waals surface area contributed by atoms with Crippen LogP contribution in [0.15, 0.2) is 92.2 Å². The van der Waals surface area contributed by atoms with Gasteiger partial charge in [-0.2, -0.15) is 0 Å². The van der Waals surface area contributed by atoms with Crippen molar-refractivity contribution in [3.05, 3.63) is 126 Å². The minimum Gasteiger partial charge on any atom is -0.405 e. The molecule has 6 rings (SSSR count). The van der Waals surface area contributed by atoms with Crippen LogP contribution < -0.4 is 32.9 Å². The summed E-state index contributed by atoms with van der Waals surface area (Å²) in [6.07, 6.45) is -6.48. The number of H-pyrrole nitrogens is 2. The second kappa shape index (κ2) is 18.9. The van der Waals surface area contributed by atoms with E-state index in [4.69, 9.17) is 28.1 Å². The van der Waals surface area contributed by atoms with Crippen LogP contribution in [0.25, 0.3) is 0 Å². The van der Waals surface area contributed by atoms with Gasteiger partial charge in [0, 0.05) is 28.6 Å². The summed E-state index contributed by atoms with van der Waals surface area (Å²) in [6.45, 7) is 5.80. The first-order valence-electron chi connectivity index (χ1n) is 19.3. The molecule has 0 bridgehead atoms. The lowest BCUT2D eigenvalue weighted by molar-refractivity contribution is -0.0844. The van der Waals surface area contributed by atoms with Crippen LogP contribution in [0, 0.1) is 13.8 Å². The first-order valence-corrected chi connectivity index (χ1v) is 21.2. The summed E-state index contributed by atoms with van der Waals surface area (Å²) in [6, 6.07) is 19.2. The van der Waals surface area contributed by atoms with Gasteiger partial charge in [0.15, 0.2) is 12.5 Å². The van der Waals surface area contributed by atoms with Crippen LogP contribution >= 0.6 is 0 Å². The van der Waals surface area contributed by atoms with E-state index in [1.165, 1.54) is 26.2 Å². The first-order chi connectivity index (χ1) is 28.2. The number of aliphatic hydroxyl groups is 4. The quantitative estimate of drug-likeness (QED) is 0.0629. The molecule has 0 aliphatic carbocycles. The highest BCUT2D eigenvalue weighted by Crippen LogP contribution is 2.40. The zero-order chi connectivity index (χ0) is 42.5. The summed E-state index contributed by atoms with van der Waals surface area (Å²) in [5.74, 6) is 0. The van der Waals surface area contributed by atoms with E-state index in [1.807, 2.05) is 74.5 Å². The highest BCUT2D eigenvalue weighted by Gasteiger charge is 2.55. The maximum absolute atomic E-state index is 13.0. The van der Waals surface area contributed by atoms with Crippen molar-refractivity contribution in [3.63, 3.8) is 0 Å². The average molecular weight is 841 g/mol. The number of aliphatic hydroxyl groups excluding tert-OH is 4. The van der Waals surface area contributed by atoms with Crippen LogP contribution in [0.1, 0.15) is 37.4 Å². The summed E-state index contributed by atoms with van der Waals surface area (Å²) in [5.41, 5.74) is -2.16. The number of ether oxygens (including phenoxy) is 5.